The number of fused-ring (bicyclic) bond motifs is 1. The van der Waals surface area contributed by atoms with Gasteiger partial charge in [-0.25, -0.2) is 12.8 Å². The highest BCUT2D eigenvalue weighted by Crippen LogP contribution is 2.48. The highest BCUT2D eigenvalue weighted by Gasteiger charge is 2.34. The van der Waals surface area contributed by atoms with Gasteiger partial charge in [-0.1, -0.05) is 48.5 Å². The SMILES string of the molecule is Cc1c(-c2ccc(F)cc2)ccc(C2CC2)c1N(CCC1Cc2ccccc2B(O)O1)S(C)(=O)=O. The zero-order valence-corrected chi connectivity index (χ0v) is 20.8. The topological polar surface area (TPSA) is 66.8 Å². The monoisotopic (exact) mass is 493 g/mol. The van der Waals surface area contributed by atoms with Crippen molar-refractivity contribution >= 4 is 28.3 Å². The Bertz CT molecular complexity index is 1340. The number of nitrogens with zero attached hydrogens (tertiary/aromatic N) is 1. The summed E-state index contributed by atoms with van der Waals surface area (Å²) in [6.07, 6.45) is 4.08. The van der Waals surface area contributed by atoms with Crippen molar-refractivity contribution in [2.45, 2.75) is 44.6 Å². The number of anilines is 1. The lowest BCUT2D eigenvalue weighted by atomic mass is 9.72. The Morgan fingerprint density at radius 2 is 1.80 bits per heavy atom. The van der Waals surface area contributed by atoms with Gasteiger partial charge in [-0.15, -0.1) is 0 Å². The molecule has 1 fully saturated rings. The first-order valence-corrected chi connectivity index (χ1v) is 13.9. The normalized spacial score (nSPS) is 17.8. The summed E-state index contributed by atoms with van der Waals surface area (Å²) >= 11 is 0. The number of sulfonamides is 1. The number of benzene rings is 3. The van der Waals surface area contributed by atoms with E-state index in [9.17, 15) is 17.8 Å². The predicted molar refractivity (Wildman–Crippen MR) is 138 cm³/mol. The molecule has 0 amide bonds. The molecule has 0 saturated heterocycles. The second kappa shape index (κ2) is 9.41. The molecule has 3 aromatic carbocycles. The standard InChI is InChI=1S/C27H29BFNO4S/c1-18-24(19-9-11-22(29)12-10-19)13-14-25(20-7-8-20)27(18)30(35(2,32)33)16-15-23-17-21-5-3-4-6-26(21)28(31)34-23/h3-6,9-14,20,23,31H,7-8,15-17H2,1-2H3. The van der Waals surface area contributed by atoms with Crippen LogP contribution in [0, 0.1) is 12.7 Å². The van der Waals surface area contributed by atoms with Crippen LogP contribution in [0.4, 0.5) is 10.1 Å². The van der Waals surface area contributed by atoms with E-state index in [1.54, 1.807) is 12.1 Å². The molecule has 0 spiro atoms. The summed E-state index contributed by atoms with van der Waals surface area (Å²) < 4.78 is 47.0. The summed E-state index contributed by atoms with van der Waals surface area (Å²) in [6, 6.07) is 17.9. The maximum absolute atomic E-state index is 13.5. The molecule has 1 aliphatic heterocycles. The minimum atomic E-state index is -3.59. The van der Waals surface area contributed by atoms with Crippen LogP contribution in [0.5, 0.6) is 0 Å². The molecule has 1 unspecified atom stereocenters. The molecule has 8 heteroatoms. The average molecular weight is 493 g/mol. The molecule has 1 atom stereocenters. The van der Waals surface area contributed by atoms with Crippen molar-refractivity contribution in [2.75, 3.05) is 17.1 Å². The lowest BCUT2D eigenvalue weighted by molar-refractivity contribution is 0.159. The summed E-state index contributed by atoms with van der Waals surface area (Å²) in [4.78, 5) is 0. The molecule has 5 nitrogen and oxygen atoms in total. The van der Waals surface area contributed by atoms with Crippen LogP contribution in [0.25, 0.3) is 11.1 Å². The fourth-order valence-electron chi connectivity index (χ4n) is 5.10. The molecule has 1 heterocycles. The van der Waals surface area contributed by atoms with Gasteiger partial charge in [0.1, 0.15) is 5.82 Å². The van der Waals surface area contributed by atoms with Crippen LogP contribution in [-0.4, -0.2) is 39.5 Å². The molecule has 3 aromatic rings. The number of hydrogen-bond donors (Lipinski definition) is 1. The van der Waals surface area contributed by atoms with Gasteiger partial charge in [0.25, 0.3) is 0 Å². The highest BCUT2D eigenvalue weighted by molar-refractivity contribution is 7.92. The number of halogens is 1. The summed E-state index contributed by atoms with van der Waals surface area (Å²) in [5, 5.41) is 10.4. The van der Waals surface area contributed by atoms with E-state index in [4.69, 9.17) is 4.65 Å². The van der Waals surface area contributed by atoms with Crippen molar-refractivity contribution < 1.29 is 22.5 Å². The minimum absolute atomic E-state index is 0.242. The van der Waals surface area contributed by atoms with Crippen LogP contribution in [0.15, 0.2) is 60.7 Å². The Balaban J connectivity index is 1.49. The van der Waals surface area contributed by atoms with Gasteiger partial charge in [0.05, 0.1) is 11.9 Å². The van der Waals surface area contributed by atoms with Crippen molar-refractivity contribution in [3.63, 3.8) is 0 Å². The second-order valence-electron chi connectivity index (χ2n) is 9.59. The quantitative estimate of drug-likeness (QED) is 0.502. The highest BCUT2D eigenvalue weighted by atomic mass is 32.2. The van der Waals surface area contributed by atoms with Crippen molar-refractivity contribution in [1.29, 1.82) is 0 Å². The van der Waals surface area contributed by atoms with E-state index < -0.39 is 17.1 Å². The number of hydrogen-bond acceptors (Lipinski definition) is 4. The van der Waals surface area contributed by atoms with E-state index in [0.717, 1.165) is 46.1 Å². The summed E-state index contributed by atoms with van der Waals surface area (Å²) in [5.74, 6) is 0.0325. The maximum atomic E-state index is 13.5. The Morgan fingerprint density at radius 3 is 2.49 bits per heavy atom. The molecule has 1 saturated carbocycles. The summed E-state index contributed by atoms with van der Waals surface area (Å²) in [5.41, 5.74) is 6.13. The van der Waals surface area contributed by atoms with Crippen LogP contribution >= 0.6 is 0 Å². The van der Waals surface area contributed by atoms with Gasteiger partial charge in [0, 0.05) is 12.6 Å². The fraction of sp³-hybridized carbons (Fsp3) is 0.333. The molecule has 35 heavy (non-hydrogen) atoms. The Kier molecular flexibility index (Phi) is 6.46. The summed E-state index contributed by atoms with van der Waals surface area (Å²) in [7, 11) is -4.61. The maximum Gasteiger partial charge on any atom is 0.491 e. The molecule has 0 radical (unpaired) electrons. The molecule has 2 aliphatic rings. The smallest absolute Gasteiger partial charge is 0.423 e. The first-order valence-electron chi connectivity index (χ1n) is 12.0. The molecule has 0 bridgehead atoms. The molecule has 0 aromatic heterocycles. The first kappa shape index (κ1) is 24.0. The van der Waals surface area contributed by atoms with Gasteiger partial charge in [-0.2, -0.15) is 0 Å². The van der Waals surface area contributed by atoms with Gasteiger partial charge in [0.2, 0.25) is 10.0 Å². The molecule has 1 aliphatic carbocycles. The van der Waals surface area contributed by atoms with Crippen LogP contribution in [-0.2, 0) is 21.1 Å². The van der Waals surface area contributed by atoms with E-state index in [2.05, 4.69) is 0 Å². The zero-order chi connectivity index (χ0) is 24.7. The van der Waals surface area contributed by atoms with Gasteiger partial charge < -0.3 is 9.68 Å². The molecule has 1 N–H and O–H groups in total. The predicted octanol–water partition coefficient (Wildman–Crippen LogP) is 4.16. The fourth-order valence-corrected chi connectivity index (χ4v) is 6.11. The minimum Gasteiger partial charge on any atom is -0.423 e. The third kappa shape index (κ3) is 5.01. The molecule has 5 rings (SSSR count). The van der Waals surface area contributed by atoms with E-state index in [1.165, 1.54) is 22.7 Å². The Hall–Kier alpha value is -2.68. The summed E-state index contributed by atoms with van der Waals surface area (Å²) in [6.45, 7) is 2.18. The molecular formula is C27H29BFNO4S. The van der Waals surface area contributed by atoms with Gasteiger partial charge in [-0.05, 0) is 83.9 Å². The van der Waals surface area contributed by atoms with E-state index >= 15 is 0 Å². The third-order valence-electron chi connectivity index (χ3n) is 7.03. The Morgan fingerprint density at radius 1 is 1.09 bits per heavy atom. The first-order chi connectivity index (χ1) is 16.7. The largest absolute Gasteiger partial charge is 0.491 e. The van der Waals surface area contributed by atoms with Crippen LogP contribution in [0.1, 0.15) is 41.9 Å². The molecular weight excluding hydrogens is 464 g/mol. The van der Waals surface area contributed by atoms with Crippen molar-refractivity contribution in [1.82, 2.24) is 0 Å². The average Bonchev–Trinajstić information content (AvgIpc) is 3.65. The van der Waals surface area contributed by atoms with Gasteiger partial charge >= 0.3 is 7.12 Å². The van der Waals surface area contributed by atoms with Gasteiger partial charge in [0.15, 0.2) is 0 Å². The van der Waals surface area contributed by atoms with E-state index in [0.29, 0.717) is 24.4 Å². The van der Waals surface area contributed by atoms with Crippen LogP contribution < -0.4 is 9.77 Å². The van der Waals surface area contributed by atoms with Crippen LogP contribution in [0.2, 0.25) is 0 Å². The number of rotatable bonds is 7. The third-order valence-corrected chi connectivity index (χ3v) is 8.19. The second-order valence-corrected chi connectivity index (χ2v) is 11.5. The van der Waals surface area contributed by atoms with Crippen molar-refractivity contribution in [3.8, 4) is 11.1 Å². The zero-order valence-electron chi connectivity index (χ0n) is 19.9. The van der Waals surface area contributed by atoms with E-state index in [-0.39, 0.29) is 18.5 Å². The lowest BCUT2D eigenvalue weighted by Gasteiger charge is -2.32. The van der Waals surface area contributed by atoms with Crippen LogP contribution in [0.3, 0.4) is 0 Å². The van der Waals surface area contributed by atoms with Crippen molar-refractivity contribution in [3.05, 3.63) is 83.2 Å². The molecule has 182 valence electrons. The Labute approximate surface area is 206 Å². The van der Waals surface area contributed by atoms with Crippen molar-refractivity contribution in [2.24, 2.45) is 0 Å². The lowest BCUT2D eigenvalue weighted by Crippen LogP contribution is -2.46. The van der Waals surface area contributed by atoms with E-state index in [1.807, 2.05) is 43.3 Å². The van der Waals surface area contributed by atoms with Gasteiger partial charge in [-0.3, -0.25) is 4.31 Å².